The third-order valence-electron chi connectivity index (χ3n) is 4.80. The van der Waals surface area contributed by atoms with Crippen molar-refractivity contribution in [1.82, 2.24) is 9.80 Å². The van der Waals surface area contributed by atoms with E-state index >= 15 is 0 Å². The summed E-state index contributed by atoms with van der Waals surface area (Å²) in [4.78, 5) is 41.7. The molecule has 2 aliphatic heterocycles. The molecule has 2 heterocycles. The molecule has 0 aliphatic carbocycles. The van der Waals surface area contributed by atoms with Crippen LogP contribution in [-0.2, 0) is 9.59 Å². The third-order valence-corrected chi connectivity index (χ3v) is 4.80. The average molecular weight is 347 g/mol. The number of anilines is 1. The Labute approximate surface area is 146 Å². The number of likely N-dealkylation sites (tertiary alicyclic amines) is 1. The molecular formula is C18H22FN3O3. The lowest BCUT2D eigenvalue weighted by molar-refractivity contribution is -0.137. The zero-order chi connectivity index (χ0) is 18.0. The number of rotatable bonds is 3. The fourth-order valence-electron chi connectivity index (χ4n) is 3.36. The Bertz CT molecular complexity index is 669. The number of hydrogen-bond donors (Lipinski definition) is 0. The van der Waals surface area contributed by atoms with Crippen LogP contribution >= 0.6 is 0 Å². The molecule has 3 rings (SSSR count). The Morgan fingerprint density at radius 1 is 1.08 bits per heavy atom. The van der Waals surface area contributed by atoms with Gasteiger partial charge in [-0.05, 0) is 44.0 Å². The fraction of sp³-hybridized carbons (Fsp3) is 0.500. The van der Waals surface area contributed by atoms with Crippen molar-refractivity contribution < 1.29 is 18.8 Å². The normalized spacial score (nSPS) is 21.7. The van der Waals surface area contributed by atoms with Crippen LogP contribution in [0.5, 0.6) is 0 Å². The van der Waals surface area contributed by atoms with Crippen LogP contribution in [0.4, 0.5) is 14.9 Å². The minimum Gasteiger partial charge on any atom is -0.341 e. The van der Waals surface area contributed by atoms with Crippen LogP contribution in [0.25, 0.3) is 0 Å². The number of carbonyl (C=O) groups excluding carboxylic acids is 3. The molecule has 1 aromatic carbocycles. The molecule has 25 heavy (non-hydrogen) atoms. The number of nitrogens with zero attached hydrogens (tertiary/aromatic N) is 3. The predicted molar refractivity (Wildman–Crippen MR) is 90.5 cm³/mol. The number of imide groups is 1. The number of carbonyl (C=O) groups is 3. The zero-order valence-electron chi connectivity index (χ0n) is 14.3. The Balaban J connectivity index is 1.73. The van der Waals surface area contributed by atoms with E-state index in [2.05, 4.69) is 0 Å². The van der Waals surface area contributed by atoms with Gasteiger partial charge in [-0.1, -0.05) is 12.8 Å². The summed E-state index contributed by atoms with van der Waals surface area (Å²) in [6, 6.07) is 4.14. The van der Waals surface area contributed by atoms with Crippen molar-refractivity contribution in [2.75, 3.05) is 24.5 Å². The van der Waals surface area contributed by atoms with Crippen molar-refractivity contribution >= 4 is 23.5 Å². The summed E-state index contributed by atoms with van der Waals surface area (Å²) in [5.41, 5.74) is 0.442. The molecule has 0 bridgehead atoms. The van der Waals surface area contributed by atoms with Gasteiger partial charge in [0.1, 0.15) is 18.4 Å². The molecule has 4 amide bonds. The molecule has 1 unspecified atom stereocenters. The average Bonchev–Trinajstić information content (AvgIpc) is 2.83. The number of halogens is 1. The lowest BCUT2D eigenvalue weighted by atomic mass is 10.2. The van der Waals surface area contributed by atoms with Crippen molar-refractivity contribution in [3.8, 4) is 0 Å². The highest BCUT2D eigenvalue weighted by Crippen LogP contribution is 2.26. The van der Waals surface area contributed by atoms with E-state index in [1.807, 2.05) is 0 Å². The highest BCUT2D eigenvalue weighted by atomic mass is 19.1. The SMILES string of the molecule is CC1C(=O)N(CC(=O)N2CCCCCC2)C(=O)N1c1ccc(F)cc1. The number of amides is 4. The first-order chi connectivity index (χ1) is 12.0. The summed E-state index contributed by atoms with van der Waals surface area (Å²) in [7, 11) is 0. The highest BCUT2D eigenvalue weighted by Gasteiger charge is 2.44. The number of urea groups is 1. The maximum Gasteiger partial charge on any atom is 0.332 e. The molecule has 6 nitrogen and oxygen atoms in total. The van der Waals surface area contributed by atoms with Crippen LogP contribution in [0.3, 0.4) is 0 Å². The van der Waals surface area contributed by atoms with Gasteiger partial charge in [0.05, 0.1) is 0 Å². The van der Waals surface area contributed by atoms with E-state index in [4.69, 9.17) is 0 Å². The Morgan fingerprint density at radius 2 is 1.68 bits per heavy atom. The van der Waals surface area contributed by atoms with Crippen molar-refractivity contribution in [1.29, 1.82) is 0 Å². The second kappa shape index (κ2) is 7.21. The molecule has 134 valence electrons. The van der Waals surface area contributed by atoms with Crippen molar-refractivity contribution in [2.24, 2.45) is 0 Å². The molecule has 7 heteroatoms. The largest absolute Gasteiger partial charge is 0.341 e. The van der Waals surface area contributed by atoms with Gasteiger partial charge in [0.25, 0.3) is 5.91 Å². The van der Waals surface area contributed by atoms with Crippen molar-refractivity contribution in [3.05, 3.63) is 30.1 Å². The van der Waals surface area contributed by atoms with E-state index in [9.17, 15) is 18.8 Å². The standard InChI is InChI=1S/C18H22FN3O3/c1-13-17(24)21(12-16(23)20-10-4-2-3-5-11-20)18(25)22(13)15-8-6-14(19)7-9-15/h6-9,13H,2-5,10-12H2,1H3. The van der Waals surface area contributed by atoms with Gasteiger partial charge in [-0.2, -0.15) is 0 Å². The first kappa shape index (κ1) is 17.4. The van der Waals surface area contributed by atoms with E-state index in [0.29, 0.717) is 18.8 Å². The third kappa shape index (κ3) is 3.50. The smallest absolute Gasteiger partial charge is 0.332 e. The van der Waals surface area contributed by atoms with E-state index in [0.717, 1.165) is 30.6 Å². The van der Waals surface area contributed by atoms with Crippen LogP contribution in [-0.4, -0.2) is 53.3 Å². The molecule has 0 radical (unpaired) electrons. The summed E-state index contributed by atoms with van der Waals surface area (Å²) in [5, 5.41) is 0. The molecule has 0 N–H and O–H groups in total. The second-order valence-electron chi connectivity index (χ2n) is 6.52. The minimum atomic E-state index is -0.713. The summed E-state index contributed by atoms with van der Waals surface area (Å²) in [6.07, 6.45) is 4.10. The van der Waals surface area contributed by atoms with Crippen LogP contribution in [0.2, 0.25) is 0 Å². The quantitative estimate of drug-likeness (QED) is 0.789. The minimum absolute atomic E-state index is 0.197. The monoisotopic (exact) mass is 347 g/mol. The Kier molecular flexibility index (Phi) is 5.01. The Hall–Kier alpha value is -2.44. The van der Waals surface area contributed by atoms with Gasteiger partial charge in [0.15, 0.2) is 0 Å². The first-order valence-electron chi connectivity index (χ1n) is 8.67. The van der Waals surface area contributed by atoms with Gasteiger partial charge in [-0.3, -0.25) is 19.4 Å². The molecule has 2 fully saturated rings. The van der Waals surface area contributed by atoms with E-state index in [1.54, 1.807) is 11.8 Å². The molecule has 1 aromatic rings. The zero-order valence-corrected chi connectivity index (χ0v) is 14.3. The predicted octanol–water partition coefficient (Wildman–Crippen LogP) is 2.39. The van der Waals surface area contributed by atoms with Gasteiger partial charge >= 0.3 is 6.03 Å². The summed E-state index contributed by atoms with van der Waals surface area (Å²) in [5.74, 6) is -1.02. The van der Waals surface area contributed by atoms with Crippen LogP contribution in [0.15, 0.2) is 24.3 Å². The van der Waals surface area contributed by atoms with Crippen molar-refractivity contribution in [3.63, 3.8) is 0 Å². The molecule has 0 spiro atoms. The molecule has 1 atom stereocenters. The molecule has 0 saturated carbocycles. The maximum atomic E-state index is 13.1. The summed E-state index contributed by atoms with van der Waals surface area (Å²) >= 11 is 0. The maximum absolute atomic E-state index is 13.1. The Morgan fingerprint density at radius 3 is 2.28 bits per heavy atom. The topological polar surface area (TPSA) is 60.9 Å². The van der Waals surface area contributed by atoms with Gasteiger partial charge in [0, 0.05) is 18.8 Å². The van der Waals surface area contributed by atoms with Gasteiger partial charge in [-0.15, -0.1) is 0 Å². The van der Waals surface area contributed by atoms with E-state index in [1.165, 1.54) is 29.2 Å². The van der Waals surface area contributed by atoms with Crippen LogP contribution in [0.1, 0.15) is 32.6 Å². The molecule has 0 aromatic heterocycles. The second-order valence-corrected chi connectivity index (χ2v) is 6.52. The number of hydrogen-bond acceptors (Lipinski definition) is 3. The fourth-order valence-corrected chi connectivity index (χ4v) is 3.36. The van der Waals surface area contributed by atoms with Gasteiger partial charge in [-0.25, -0.2) is 9.18 Å². The summed E-state index contributed by atoms with van der Waals surface area (Å²) < 4.78 is 13.1. The van der Waals surface area contributed by atoms with E-state index in [-0.39, 0.29) is 12.5 Å². The first-order valence-corrected chi connectivity index (χ1v) is 8.67. The van der Waals surface area contributed by atoms with Crippen LogP contribution < -0.4 is 4.90 Å². The highest BCUT2D eigenvalue weighted by molar-refractivity contribution is 6.15. The van der Waals surface area contributed by atoms with Crippen LogP contribution in [0, 0.1) is 5.82 Å². The van der Waals surface area contributed by atoms with Gasteiger partial charge in [0.2, 0.25) is 5.91 Å². The lowest BCUT2D eigenvalue weighted by Crippen LogP contribution is -2.43. The number of benzene rings is 1. The molecule has 2 aliphatic rings. The lowest BCUT2D eigenvalue weighted by Gasteiger charge is -2.23. The molecular weight excluding hydrogens is 325 g/mol. The van der Waals surface area contributed by atoms with E-state index < -0.39 is 23.8 Å². The van der Waals surface area contributed by atoms with Gasteiger partial charge < -0.3 is 4.90 Å². The molecule has 2 saturated heterocycles. The summed E-state index contributed by atoms with van der Waals surface area (Å²) in [6.45, 7) is 2.72. The van der Waals surface area contributed by atoms with Crippen molar-refractivity contribution in [2.45, 2.75) is 38.6 Å².